The summed E-state index contributed by atoms with van der Waals surface area (Å²) >= 11 is 0. The van der Waals surface area contributed by atoms with Crippen LogP contribution in [0.25, 0.3) is 0 Å². The molecule has 1 aromatic heterocycles. The molecule has 1 aliphatic rings. The van der Waals surface area contributed by atoms with Gasteiger partial charge in [0.15, 0.2) is 11.6 Å². The maximum atomic E-state index is 13.1. The molecule has 2 N–H and O–H groups in total. The first-order chi connectivity index (χ1) is 14.3. The second kappa shape index (κ2) is 9.47. The first-order valence-corrected chi connectivity index (χ1v) is 9.91. The number of rotatable bonds is 7. The van der Waals surface area contributed by atoms with Gasteiger partial charge in [-0.2, -0.15) is 4.98 Å². The lowest BCUT2D eigenvalue weighted by atomic mass is 10.1. The molecule has 1 aromatic carbocycles. The second-order valence-corrected chi connectivity index (χ2v) is 7.46. The summed E-state index contributed by atoms with van der Waals surface area (Å²) in [6.45, 7) is 7.92. The Hall–Kier alpha value is -3.29. The van der Waals surface area contributed by atoms with Gasteiger partial charge in [-0.25, -0.2) is 9.37 Å². The number of allylic oxidation sites excluding steroid dienone is 1. The third-order valence-corrected chi connectivity index (χ3v) is 5.10. The standard InChI is InChI=1S/C22H26FN5O2/c1-14-12-24-22(25-18-8-6-10-28(13-18)16(3)29)27-21(14)26-19-9-5-4-7-17(19)11-20(30)15(2)23/h4-5,7,9,12,18H,2,6,8,10-11,13H2,1,3H3,(H2,24,25,26,27)/t18-/m0/s1. The molecule has 0 saturated carbocycles. The Morgan fingerprint density at radius 3 is 2.83 bits per heavy atom. The molecule has 1 atom stereocenters. The van der Waals surface area contributed by atoms with Crippen molar-refractivity contribution in [3.63, 3.8) is 0 Å². The van der Waals surface area contributed by atoms with E-state index in [9.17, 15) is 14.0 Å². The number of aryl methyl sites for hydroxylation is 1. The van der Waals surface area contributed by atoms with E-state index in [-0.39, 0.29) is 18.4 Å². The smallest absolute Gasteiger partial charge is 0.224 e. The average molecular weight is 411 g/mol. The Morgan fingerprint density at radius 2 is 2.10 bits per heavy atom. The largest absolute Gasteiger partial charge is 0.350 e. The van der Waals surface area contributed by atoms with Gasteiger partial charge in [-0.05, 0) is 31.4 Å². The maximum absolute atomic E-state index is 13.1. The fraction of sp³-hybridized carbons (Fsp3) is 0.364. The van der Waals surface area contributed by atoms with Crippen molar-refractivity contribution in [2.75, 3.05) is 23.7 Å². The molecule has 1 fully saturated rings. The normalized spacial score (nSPS) is 16.1. The van der Waals surface area contributed by atoms with Crippen molar-refractivity contribution in [3.8, 4) is 0 Å². The summed E-state index contributed by atoms with van der Waals surface area (Å²) in [5.41, 5.74) is 2.14. The molecule has 0 aliphatic carbocycles. The van der Waals surface area contributed by atoms with Crippen LogP contribution in [-0.2, 0) is 16.0 Å². The van der Waals surface area contributed by atoms with Crippen LogP contribution < -0.4 is 10.6 Å². The molecule has 30 heavy (non-hydrogen) atoms. The molecule has 1 aliphatic heterocycles. The van der Waals surface area contributed by atoms with Crippen LogP contribution in [0.1, 0.15) is 30.9 Å². The van der Waals surface area contributed by atoms with Crippen molar-refractivity contribution in [2.24, 2.45) is 0 Å². The van der Waals surface area contributed by atoms with Crippen LogP contribution in [0.15, 0.2) is 42.9 Å². The van der Waals surface area contributed by atoms with Gasteiger partial charge in [0, 0.05) is 49.9 Å². The van der Waals surface area contributed by atoms with Gasteiger partial charge >= 0.3 is 0 Å². The minimum absolute atomic E-state index is 0.0656. The van der Waals surface area contributed by atoms with Crippen LogP contribution >= 0.6 is 0 Å². The highest BCUT2D eigenvalue weighted by Crippen LogP contribution is 2.24. The fourth-order valence-corrected chi connectivity index (χ4v) is 3.39. The van der Waals surface area contributed by atoms with Gasteiger partial charge in [0.2, 0.25) is 11.9 Å². The molecule has 8 heteroatoms. The number of amides is 1. The van der Waals surface area contributed by atoms with Crippen LogP contribution in [-0.4, -0.2) is 45.7 Å². The molecule has 1 amide bonds. The monoisotopic (exact) mass is 411 g/mol. The number of nitrogens with zero attached hydrogens (tertiary/aromatic N) is 3. The summed E-state index contributed by atoms with van der Waals surface area (Å²) in [6.07, 6.45) is 3.48. The second-order valence-electron chi connectivity index (χ2n) is 7.46. The van der Waals surface area contributed by atoms with E-state index in [0.29, 0.717) is 29.6 Å². The van der Waals surface area contributed by atoms with Gasteiger partial charge in [-0.3, -0.25) is 9.59 Å². The number of nitrogens with one attached hydrogen (secondary N) is 2. The van der Waals surface area contributed by atoms with Crippen molar-refractivity contribution in [1.82, 2.24) is 14.9 Å². The molecular formula is C22H26FN5O2. The minimum Gasteiger partial charge on any atom is -0.350 e. The van der Waals surface area contributed by atoms with Crippen molar-refractivity contribution in [1.29, 1.82) is 0 Å². The van der Waals surface area contributed by atoms with E-state index in [1.807, 2.05) is 24.0 Å². The van der Waals surface area contributed by atoms with E-state index >= 15 is 0 Å². The molecule has 0 bridgehead atoms. The third kappa shape index (κ3) is 5.40. The summed E-state index contributed by atoms with van der Waals surface area (Å²) in [7, 11) is 0. The number of Topliss-reactive ketones (excluding diaryl/α,β-unsaturated/α-hetero) is 1. The van der Waals surface area contributed by atoms with Crippen molar-refractivity contribution >= 4 is 29.1 Å². The van der Waals surface area contributed by atoms with E-state index in [2.05, 4.69) is 27.2 Å². The average Bonchev–Trinajstić information content (AvgIpc) is 2.72. The lowest BCUT2D eigenvalue weighted by Gasteiger charge is -2.32. The summed E-state index contributed by atoms with van der Waals surface area (Å²) in [5.74, 6) is -0.495. The first-order valence-electron chi connectivity index (χ1n) is 9.91. The minimum atomic E-state index is -0.957. The third-order valence-electron chi connectivity index (χ3n) is 5.10. The number of carbonyl (C=O) groups is 2. The van der Waals surface area contributed by atoms with Crippen molar-refractivity contribution in [3.05, 3.63) is 54.0 Å². The lowest BCUT2D eigenvalue weighted by molar-refractivity contribution is -0.129. The van der Waals surface area contributed by atoms with Crippen molar-refractivity contribution < 1.29 is 14.0 Å². The zero-order chi connectivity index (χ0) is 21.7. The number of anilines is 3. The molecular weight excluding hydrogens is 385 g/mol. The summed E-state index contributed by atoms with van der Waals surface area (Å²) in [4.78, 5) is 34.2. The number of hydrogen-bond donors (Lipinski definition) is 2. The SMILES string of the molecule is C=C(F)C(=O)Cc1ccccc1Nc1nc(N[C@H]2CCCN(C(C)=O)C2)ncc1C. The highest BCUT2D eigenvalue weighted by Gasteiger charge is 2.22. The van der Waals surface area contributed by atoms with Crippen molar-refractivity contribution in [2.45, 2.75) is 39.2 Å². The van der Waals surface area contributed by atoms with E-state index in [1.165, 1.54) is 0 Å². The predicted octanol–water partition coefficient (Wildman–Crippen LogP) is 3.55. The Kier molecular flexibility index (Phi) is 6.76. The molecule has 158 valence electrons. The lowest BCUT2D eigenvalue weighted by Crippen LogP contribution is -2.44. The highest BCUT2D eigenvalue weighted by atomic mass is 19.1. The Morgan fingerprint density at radius 1 is 1.33 bits per heavy atom. The van der Waals surface area contributed by atoms with Gasteiger partial charge < -0.3 is 15.5 Å². The predicted molar refractivity (Wildman–Crippen MR) is 114 cm³/mol. The van der Waals surface area contributed by atoms with Crippen LogP contribution in [0, 0.1) is 6.92 Å². The maximum Gasteiger partial charge on any atom is 0.224 e. The Balaban J connectivity index is 1.76. The molecule has 0 spiro atoms. The van der Waals surface area contributed by atoms with Crippen LogP contribution in [0.3, 0.4) is 0 Å². The molecule has 2 aromatic rings. The number of hydrogen-bond acceptors (Lipinski definition) is 6. The summed E-state index contributed by atoms with van der Waals surface area (Å²) < 4.78 is 13.1. The number of likely N-dealkylation sites (tertiary alicyclic amines) is 1. The molecule has 0 unspecified atom stereocenters. The number of halogens is 1. The quantitative estimate of drug-likeness (QED) is 0.678. The zero-order valence-corrected chi connectivity index (χ0v) is 17.2. The molecule has 0 radical (unpaired) electrons. The van der Waals surface area contributed by atoms with Gasteiger partial charge in [0.25, 0.3) is 0 Å². The number of ketones is 1. The van der Waals surface area contributed by atoms with Crippen LogP contribution in [0.4, 0.5) is 21.8 Å². The molecule has 2 heterocycles. The van der Waals surface area contributed by atoms with Crippen LogP contribution in [0.2, 0.25) is 0 Å². The number of aromatic nitrogens is 2. The summed E-state index contributed by atoms with van der Waals surface area (Å²) in [5, 5.41) is 6.54. The number of carbonyl (C=O) groups excluding carboxylic acids is 2. The van der Waals surface area contributed by atoms with Gasteiger partial charge in [-0.15, -0.1) is 0 Å². The first kappa shape index (κ1) is 21.4. The van der Waals surface area contributed by atoms with Gasteiger partial charge in [0.1, 0.15) is 5.82 Å². The number of benzene rings is 1. The van der Waals surface area contributed by atoms with E-state index in [0.717, 1.165) is 24.9 Å². The number of piperidine rings is 1. The zero-order valence-electron chi connectivity index (χ0n) is 17.2. The van der Waals surface area contributed by atoms with E-state index < -0.39 is 11.6 Å². The number of para-hydroxylation sites is 1. The van der Waals surface area contributed by atoms with Gasteiger partial charge in [0.05, 0.1) is 0 Å². The van der Waals surface area contributed by atoms with E-state index in [1.54, 1.807) is 25.3 Å². The summed E-state index contributed by atoms with van der Waals surface area (Å²) in [6, 6.07) is 7.27. The molecule has 3 rings (SSSR count). The van der Waals surface area contributed by atoms with Gasteiger partial charge in [-0.1, -0.05) is 24.8 Å². The highest BCUT2D eigenvalue weighted by molar-refractivity contribution is 5.95. The molecule has 7 nitrogen and oxygen atoms in total. The fourth-order valence-electron chi connectivity index (χ4n) is 3.39. The van der Waals surface area contributed by atoms with E-state index in [4.69, 9.17) is 0 Å². The Labute approximate surface area is 175 Å². The Bertz CT molecular complexity index is 962. The topological polar surface area (TPSA) is 87.2 Å². The van der Waals surface area contributed by atoms with Crippen LogP contribution in [0.5, 0.6) is 0 Å². The molecule has 1 saturated heterocycles.